The second-order valence-electron chi connectivity index (χ2n) is 8.55. The molecule has 34 heavy (non-hydrogen) atoms. The number of piperazine rings is 1. The molecular weight excluding hydrogens is 436 g/mol. The second-order valence-corrected chi connectivity index (χ2v) is 8.55. The smallest absolute Gasteiger partial charge is 0.450 e. The maximum Gasteiger partial charge on any atom is 0.505 e. The molecule has 2 aliphatic heterocycles. The Hall–Kier alpha value is -3.61. The Morgan fingerprint density at radius 1 is 1.12 bits per heavy atom. The molecule has 0 radical (unpaired) electrons. The molecule has 0 saturated carbocycles. The van der Waals surface area contributed by atoms with E-state index in [1.165, 1.54) is 5.56 Å². The van der Waals surface area contributed by atoms with Gasteiger partial charge in [0, 0.05) is 44.5 Å². The first kappa shape index (κ1) is 23.5. The van der Waals surface area contributed by atoms with Crippen molar-refractivity contribution in [2.75, 3.05) is 44.2 Å². The van der Waals surface area contributed by atoms with E-state index in [0.29, 0.717) is 30.8 Å². The van der Waals surface area contributed by atoms with Crippen molar-refractivity contribution in [1.82, 2.24) is 9.80 Å². The predicted molar refractivity (Wildman–Crippen MR) is 124 cm³/mol. The van der Waals surface area contributed by atoms with Crippen LogP contribution in [-0.4, -0.2) is 78.6 Å². The van der Waals surface area contributed by atoms with Gasteiger partial charge in [-0.2, -0.15) is 5.26 Å². The Morgan fingerprint density at radius 3 is 2.59 bits per heavy atom. The fourth-order valence-corrected chi connectivity index (χ4v) is 4.54. The molecule has 9 heteroatoms. The van der Waals surface area contributed by atoms with Gasteiger partial charge in [-0.05, 0) is 36.2 Å². The number of nitriles is 1. The Kier molecular flexibility index (Phi) is 7.62. The molecule has 2 aromatic carbocycles. The molecule has 0 bridgehead atoms. The van der Waals surface area contributed by atoms with E-state index in [2.05, 4.69) is 28.0 Å². The van der Waals surface area contributed by atoms with Crippen LogP contribution in [0.2, 0.25) is 0 Å². The third-order valence-corrected chi connectivity index (χ3v) is 6.24. The first-order valence-corrected chi connectivity index (χ1v) is 11.4. The number of ether oxygens (including phenoxy) is 2. The van der Waals surface area contributed by atoms with Gasteiger partial charge in [-0.25, -0.2) is 9.59 Å². The van der Waals surface area contributed by atoms with Crippen molar-refractivity contribution in [3.05, 3.63) is 65.7 Å². The average molecular weight is 465 g/mol. The topological polar surface area (TPSA) is 106 Å². The lowest BCUT2D eigenvalue weighted by atomic mass is 10.1. The van der Waals surface area contributed by atoms with E-state index in [0.717, 1.165) is 26.2 Å². The number of cyclic esters (lactones) is 1. The van der Waals surface area contributed by atoms with E-state index in [1.807, 2.05) is 18.2 Å². The quantitative estimate of drug-likeness (QED) is 0.594. The highest BCUT2D eigenvalue weighted by Crippen LogP contribution is 2.24. The molecule has 1 N–H and O–H groups in total. The number of rotatable bonds is 8. The van der Waals surface area contributed by atoms with Crippen molar-refractivity contribution < 1.29 is 24.2 Å². The van der Waals surface area contributed by atoms with Crippen molar-refractivity contribution >= 4 is 17.9 Å². The summed E-state index contributed by atoms with van der Waals surface area (Å²) in [6.45, 7) is 4.37. The molecule has 2 saturated heterocycles. The summed E-state index contributed by atoms with van der Waals surface area (Å²) in [5.41, 5.74) is 2.46. The maximum atomic E-state index is 12.4. The van der Waals surface area contributed by atoms with Crippen LogP contribution in [-0.2, 0) is 16.0 Å². The van der Waals surface area contributed by atoms with Crippen LogP contribution < -0.4 is 4.90 Å². The van der Waals surface area contributed by atoms with Gasteiger partial charge in [-0.3, -0.25) is 14.7 Å². The molecule has 2 fully saturated rings. The van der Waals surface area contributed by atoms with E-state index in [1.54, 1.807) is 29.2 Å². The summed E-state index contributed by atoms with van der Waals surface area (Å²) in [6.07, 6.45) is -1.32. The Labute approximate surface area is 198 Å². The number of nitrogens with zero attached hydrogens (tertiary/aromatic N) is 4. The van der Waals surface area contributed by atoms with Gasteiger partial charge >= 0.3 is 12.2 Å². The molecule has 2 aliphatic rings. The molecule has 178 valence electrons. The number of benzene rings is 2. The Bertz CT molecular complexity index is 1020. The number of amides is 1. The minimum atomic E-state index is -1.26. The summed E-state index contributed by atoms with van der Waals surface area (Å²) in [5, 5.41) is 17.8. The largest absolute Gasteiger partial charge is 0.505 e. The lowest BCUT2D eigenvalue weighted by Crippen LogP contribution is -2.54. The molecule has 2 aromatic rings. The second kappa shape index (κ2) is 11.0. The van der Waals surface area contributed by atoms with Gasteiger partial charge in [0.2, 0.25) is 0 Å². The maximum absolute atomic E-state index is 12.4. The zero-order chi connectivity index (χ0) is 23.9. The zero-order valence-corrected chi connectivity index (χ0v) is 18.9. The Balaban J connectivity index is 1.36. The van der Waals surface area contributed by atoms with Crippen molar-refractivity contribution in [3.63, 3.8) is 0 Å². The predicted octanol–water partition coefficient (Wildman–Crippen LogP) is 3.15. The van der Waals surface area contributed by atoms with Gasteiger partial charge in [0.15, 0.2) is 0 Å². The summed E-state index contributed by atoms with van der Waals surface area (Å²) in [4.78, 5) is 29.5. The molecule has 9 nitrogen and oxygen atoms in total. The number of carboxylic acid groups (broad SMARTS) is 1. The fraction of sp³-hybridized carbons (Fsp3) is 0.400. The third-order valence-electron chi connectivity index (χ3n) is 6.24. The number of hydrogen-bond acceptors (Lipinski definition) is 7. The summed E-state index contributed by atoms with van der Waals surface area (Å²) in [6, 6.07) is 19.3. The molecule has 0 spiro atoms. The van der Waals surface area contributed by atoms with Gasteiger partial charge in [0.05, 0.1) is 24.8 Å². The highest BCUT2D eigenvalue weighted by molar-refractivity contribution is 5.89. The van der Waals surface area contributed by atoms with Crippen molar-refractivity contribution in [1.29, 1.82) is 5.26 Å². The fourth-order valence-electron chi connectivity index (χ4n) is 4.54. The lowest BCUT2D eigenvalue weighted by Gasteiger charge is -2.42. The van der Waals surface area contributed by atoms with E-state index < -0.39 is 6.16 Å². The molecule has 2 atom stereocenters. The number of carbonyl (C=O) groups excluding carboxylic acids is 1. The molecule has 4 rings (SSSR count). The first-order valence-electron chi connectivity index (χ1n) is 11.4. The highest BCUT2D eigenvalue weighted by atomic mass is 16.7. The molecule has 0 aromatic heterocycles. The highest BCUT2D eigenvalue weighted by Gasteiger charge is 2.35. The van der Waals surface area contributed by atoms with E-state index in [4.69, 9.17) is 19.8 Å². The van der Waals surface area contributed by atoms with E-state index in [9.17, 15) is 9.59 Å². The van der Waals surface area contributed by atoms with Crippen LogP contribution in [0, 0.1) is 11.3 Å². The van der Waals surface area contributed by atoms with E-state index >= 15 is 0 Å². The Morgan fingerprint density at radius 2 is 1.88 bits per heavy atom. The summed E-state index contributed by atoms with van der Waals surface area (Å²) >= 11 is 0. The molecule has 2 unspecified atom stereocenters. The van der Waals surface area contributed by atoms with Gasteiger partial charge in [0.1, 0.15) is 6.10 Å². The van der Waals surface area contributed by atoms with Gasteiger partial charge < -0.3 is 14.6 Å². The number of anilines is 1. The molecule has 2 heterocycles. The van der Waals surface area contributed by atoms with E-state index in [-0.39, 0.29) is 24.8 Å². The van der Waals surface area contributed by atoms with Gasteiger partial charge in [0.25, 0.3) is 0 Å². The van der Waals surface area contributed by atoms with Crippen molar-refractivity contribution in [2.45, 2.75) is 25.1 Å². The first-order chi connectivity index (χ1) is 16.5. The minimum absolute atomic E-state index is 0.125. The lowest BCUT2D eigenvalue weighted by molar-refractivity contribution is 0.0248. The summed E-state index contributed by atoms with van der Waals surface area (Å²) < 4.78 is 10.4. The van der Waals surface area contributed by atoms with Gasteiger partial charge in [-0.15, -0.1) is 0 Å². The SMILES string of the molecule is N#Cc1ccc(N2CC(CN3CCN(Cc4ccccc4)C(CCOC(=O)O)C3)OC2=O)cc1. The van der Waals surface area contributed by atoms with Crippen LogP contribution in [0.4, 0.5) is 15.3 Å². The van der Waals surface area contributed by atoms with Crippen LogP contribution in [0.3, 0.4) is 0 Å². The van der Waals surface area contributed by atoms with Crippen LogP contribution in [0.15, 0.2) is 54.6 Å². The monoisotopic (exact) mass is 464 g/mol. The van der Waals surface area contributed by atoms with Gasteiger partial charge in [-0.1, -0.05) is 30.3 Å². The third kappa shape index (κ3) is 6.04. The minimum Gasteiger partial charge on any atom is -0.450 e. The van der Waals surface area contributed by atoms with Crippen LogP contribution in [0.25, 0.3) is 0 Å². The molecule has 1 amide bonds. The standard InChI is InChI=1S/C25H28N4O5/c26-14-19-6-8-21(9-7-19)29-18-23(34-24(29)30)17-27-11-12-28(15-20-4-2-1-3-5-20)22(16-27)10-13-33-25(31)32/h1-9,22-23H,10-13,15-18H2,(H,31,32). The summed E-state index contributed by atoms with van der Waals surface area (Å²) in [7, 11) is 0. The summed E-state index contributed by atoms with van der Waals surface area (Å²) in [5.74, 6) is 0. The molecule has 0 aliphatic carbocycles. The van der Waals surface area contributed by atoms with Crippen LogP contribution >= 0.6 is 0 Å². The number of carbonyl (C=O) groups is 2. The average Bonchev–Trinajstić information content (AvgIpc) is 3.21. The van der Waals surface area contributed by atoms with Crippen LogP contribution in [0.1, 0.15) is 17.5 Å². The normalized spacial score (nSPS) is 21.1. The zero-order valence-electron chi connectivity index (χ0n) is 18.9. The van der Waals surface area contributed by atoms with Crippen molar-refractivity contribution in [2.24, 2.45) is 0 Å². The number of hydrogen-bond donors (Lipinski definition) is 1. The van der Waals surface area contributed by atoms with Crippen LogP contribution in [0.5, 0.6) is 0 Å². The molecular formula is C25H28N4O5. The van der Waals surface area contributed by atoms with Crippen molar-refractivity contribution in [3.8, 4) is 6.07 Å².